The van der Waals surface area contributed by atoms with Crippen LogP contribution in [0.3, 0.4) is 0 Å². The van der Waals surface area contributed by atoms with E-state index in [1.807, 2.05) is 50.2 Å². The Bertz CT molecular complexity index is 1000. The second-order valence-electron chi connectivity index (χ2n) is 12.5. The number of benzene rings is 2. The third kappa shape index (κ3) is 11.4. The summed E-state index contributed by atoms with van der Waals surface area (Å²) in [6.07, 6.45) is 3.73. The first kappa shape index (κ1) is 33.5. The van der Waals surface area contributed by atoms with Crippen LogP contribution in [0.2, 0.25) is 0 Å². The van der Waals surface area contributed by atoms with Gasteiger partial charge in [0.15, 0.2) is 0 Å². The molecule has 0 saturated carbocycles. The Hall–Kier alpha value is -2.70. The van der Waals surface area contributed by atoms with Gasteiger partial charge in [0.25, 0.3) is 0 Å². The Kier molecular flexibility index (Phi) is 13.3. The summed E-state index contributed by atoms with van der Waals surface area (Å²) in [5.41, 5.74) is 3.84. The molecule has 6 nitrogen and oxygen atoms in total. The highest BCUT2D eigenvalue weighted by atomic mass is 16.5. The van der Waals surface area contributed by atoms with Crippen LogP contribution in [0.5, 0.6) is 11.5 Å². The summed E-state index contributed by atoms with van der Waals surface area (Å²) in [5, 5.41) is 0. The predicted octanol–water partition coefficient (Wildman–Crippen LogP) is 7.78. The number of ether oxygens (including phenoxy) is 4. The molecule has 0 amide bonds. The molecular formula is C34H50O6. The molecule has 6 heteroatoms. The van der Waals surface area contributed by atoms with E-state index in [2.05, 4.69) is 41.5 Å². The molecule has 0 unspecified atom stereocenters. The minimum atomic E-state index is -0.208. The average molecular weight is 555 g/mol. The lowest BCUT2D eigenvalue weighted by Crippen LogP contribution is -2.17. The second-order valence-corrected chi connectivity index (χ2v) is 12.5. The Morgan fingerprint density at radius 2 is 0.950 bits per heavy atom. The smallest absolute Gasteiger partial charge is 0.311 e. The monoisotopic (exact) mass is 554 g/mol. The maximum absolute atomic E-state index is 12.4. The molecule has 0 fully saturated rings. The predicted molar refractivity (Wildman–Crippen MR) is 160 cm³/mol. The van der Waals surface area contributed by atoms with Gasteiger partial charge in [0.2, 0.25) is 0 Å². The van der Waals surface area contributed by atoms with Gasteiger partial charge in [-0.3, -0.25) is 9.59 Å². The quantitative estimate of drug-likeness (QED) is 0.127. The van der Waals surface area contributed by atoms with Gasteiger partial charge in [-0.05, 0) is 61.5 Å². The van der Waals surface area contributed by atoms with Crippen LogP contribution >= 0.6 is 0 Å². The van der Waals surface area contributed by atoms with Crippen molar-refractivity contribution in [3.8, 4) is 11.5 Å². The van der Waals surface area contributed by atoms with Crippen LogP contribution in [0.4, 0.5) is 0 Å². The average Bonchev–Trinajstić information content (AvgIpc) is 2.85. The van der Waals surface area contributed by atoms with Crippen LogP contribution in [0.25, 0.3) is 0 Å². The van der Waals surface area contributed by atoms with Crippen LogP contribution in [-0.4, -0.2) is 38.4 Å². The molecule has 2 aromatic rings. The number of aryl methyl sites for hydroxylation is 2. The molecule has 2 aromatic carbocycles. The lowest BCUT2D eigenvalue weighted by Gasteiger charge is -2.23. The molecular weight excluding hydrogens is 504 g/mol. The molecule has 0 saturated heterocycles. The molecule has 0 bridgehead atoms. The number of hydrogen-bond donors (Lipinski definition) is 0. The number of esters is 2. The van der Waals surface area contributed by atoms with Crippen molar-refractivity contribution in [3.63, 3.8) is 0 Å². The number of carbonyl (C=O) groups excluding carboxylic acids is 2. The fraction of sp³-hybridized carbons (Fsp3) is 0.588. The van der Waals surface area contributed by atoms with Crippen LogP contribution in [0.1, 0.15) is 102 Å². The Morgan fingerprint density at radius 3 is 1.30 bits per heavy atom. The molecule has 0 radical (unpaired) electrons. The van der Waals surface area contributed by atoms with E-state index in [9.17, 15) is 9.59 Å². The first-order valence-electron chi connectivity index (χ1n) is 14.6. The topological polar surface area (TPSA) is 71.1 Å². The van der Waals surface area contributed by atoms with Crippen molar-refractivity contribution in [2.24, 2.45) is 0 Å². The van der Waals surface area contributed by atoms with Crippen molar-refractivity contribution < 1.29 is 28.5 Å². The van der Waals surface area contributed by atoms with E-state index >= 15 is 0 Å². The summed E-state index contributed by atoms with van der Waals surface area (Å²) in [7, 11) is 0. The van der Waals surface area contributed by atoms with E-state index in [-0.39, 0.29) is 22.8 Å². The molecule has 40 heavy (non-hydrogen) atoms. The molecule has 0 aliphatic rings. The van der Waals surface area contributed by atoms with E-state index in [1.54, 1.807) is 0 Å². The summed E-state index contributed by atoms with van der Waals surface area (Å²) in [6, 6.07) is 12.0. The van der Waals surface area contributed by atoms with Crippen LogP contribution in [0, 0.1) is 13.8 Å². The van der Waals surface area contributed by atoms with Crippen molar-refractivity contribution in [2.45, 2.75) is 105 Å². The standard InChI is InChI=1S/C34H50O6/c1-25-15-13-17-27(33(3,4)5)31(25)39-29(35)19-9-11-21-37-23-24-38-22-12-10-20-30(36)40-32-26(2)16-14-18-28(32)34(6,7)8/h13-18H,9-12,19-24H2,1-8H3. The van der Waals surface area contributed by atoms with E-state index in [0.717, 1.165) is 35.1 Å². The Morgan fingerprint density at radius 1 is 0.575 bits per heavy atom. The third-order valence-corrected chi connectivity index (χ3v) is 6.68. The number of rotatable bonds is 15. The van der Waals surface area contributed by atoms with Crippen molar-refractivity contribution in [2.75, 3.05) is 26.4 Å². The van der Waals surface area contributed by atoms with Crippen molar-refractivity contribution in [1.29, 1.82) is 0 Å². The van der Waals surface area contributed by atoms with Crippen molar-refractivity contribution in [3.05, 3.63) is 58.7 Å². The molecule has 0 aliphatic heterocycles. The summed E-state index contributed by atoms with van der Waals surface area (Å²) < 4.78 is 22.7. The van der Waals surface area contributed by atoms with Gasteiger partial charge in [-0.2, -0.15) is 0 Å². The van der Waals surface area contributed by atoms with Gasteiger partial charge in [0.05, 0.1) is 13.2 Å². The summed E-state index contributed by atoms with van der Waals surface area (Å²) in [5.74, 6) is 0.957. The molecule has 222 valence electrons. The maximum Gasteiger partial charge on any atom is 0.311 e. The number of unbranched alkanes of at least 4 members (excludes halogenated alkanes) is 2. The van der Waals surface area contributed by atoms with Crippen LogP contribution in [0.15, 0.2) is 36.4 Å². The molecule has 2 rings (SSSR count). The van der Waals surface area contributed by atoms with Gasteiger partial charge in [0, 0.05) is 37.2 Å². The first-order valence-corrected chi connectivity index (χ1v) is 14.6. The number of hydrogen-bond acceptors (Lipinski definition) is 6. The molecule has 0 heterocycles. The lowest BCUT2D eigenvalue weighted by atomic mass is 9.85. The van der Waals surface area contributed by atoms with E-state index < -0.39 is 0 Å². The van der Waals surface area contributed by atoms with Gasteiger partial charge in [-0.25, -0.2) is 0 Å². The zero-order valence-electron chi connectivity index (χ0n) is 26.0. The highest BCUT2D eigenvalue weighted by molar-refractivity contribution is 5.74. The van der Waals surface area contributed by atoms with E-state index in [1.165, 1.54) is 0 Å². The fourth-order valence-electron chi connectivity index (χ4n) is 4.36. The zero-order chi connectivity index (χ0) is 29.8. The van der Waals surface area contributed by atoms with Crippen molar-refractivity contribution >= 4 is 11.9 Å². The van der Waals surface area contributed by atoms with Gasteiger partial charge >= 0.3 is 11.9 Å². The second kappa shape index (κ2) is 15.9. The zero-order valence-corrected chi connectivity index (χ0v) is 26.0. The number of para-hydroxylation sites is 2. The molecule has 0 spiro atoms. The maximum atomic E-state index is 12.4. The highest BCUT2D eigenvalue weighted by Gasteiger charge is 2.23. The van der Waals surface area contributed by atoms with E-state index in [0.29, 0.717) is 63.6 Å². The van der Waals surface area contributed by atoms with Crippen LogP contribution < -0.4 is 9.47 Å². The number of carbonyl (C=O) groups is 2. The minimum absolute atomic E-state index is 0.0958. The summed E-state index contributed by atoms with van der Waals surface area (Å²) >= 11 is 0. The van der Waals surface area contributed by atoms with E-state index in [4.69, 9.17) is 18.9 Å². The Labute approximate surface area is 241 Å². The third-order valence-electron chi connectivity index (χ3n) is 6.68. The van der Waals surface area contributed by atoms with Crippen LogP contribution in [-0.2, 0) is 29.9 Å². The molecule has 0 N–H and O–H groups in total. The molecule has 0 aromatic heterocycles. The molecule has 0 atom stereocenters. The molecule has 0 aliphatic carbocycles. The summed E-state index contributed by atoms with van der Waals surface area (Å²) in [4.78, 5) is 24.8. The van der Waals surface area contributed by atoms with Crippen molar-refractivity contribution in [1.82, 2.24) is 0 Å². The van der Waals surface area contributed by atoms with Gasteiger partial charge in [0.1, 0.15) is 11.5 Å². The first-order chi connectivity index (χ1) is 18.8. The normalized spacial score (nSPS) is 11.9. The SMILES string of the molecule is Cc1cccc(C(C)(C)C)c1OC(=O)CCCCOCCOCCCCC(=O)Oc1c(C)cccc1C(C)(C)C. The largest absolute Gasteiger partial charge is 0.426 e. The highest BCUT2D eigenvalue weighted by Crippen LogP contribution is 2.35. The fourth-order valence-corrected chi connectivity index (χ4v) is 4.36. The van der Waals surface area contributed by atoms with Gasteiger partial charge in [-0.1, -0.05) is 77.9 Å². The minimum Gasteiger partial charge on any atom is -0.426 e. The van der Waals surface area contributed by atoms with Gasteiger partial charge < -0.3 is 18.9 Å². The Balaban J connectivity index is 1.52. The summed E-state index contributed by atoms with van der Waals surface area (Å²) in [6.45, 7) is 18.8. The van der Waals surface area contributed by atoms with Gasteiger partial charge in [-0.15, -0.1) is 0 Å². The lowest BCUT2D eigenvalue weighted by molar-refractivity contribution is -0.135.